The fraction of sp³-hybridized carbons (Fsp3) is 0.533. The molecule has 2 aliphatic heterocycles. The second-order valence-electron chi connectivity index (χ2n) is 5.31. The predicted octanol–water partition coefficient (Wildman–Crippen LogP) is 1.69. The first-order valence-corrected chi connectivity index (χ1v) is 7.12. The molecule has 5 heteroatoms. The van der Waals surface area contributed by atoms with Crippen molar-refractivity contribution in [1.29, 1.82) is 0 Å². The van der Waals surface area contributed by atoms with Gasteiger partial charge in [0.2, 0.25) is 12.7 Å². The molecule has 1 atom stereocenters. The number of hydrogen-bond donors (Lipinski definition) is 1. The smallest absolute Gasteiger partial charge is 0.231 e. The molecule has 0 spiro atoms. The van der Waals surface area contributed by atoms with Gasteiger partial charge in [-0.2, -0.15) is 0 Å². The molecule has 0 saturated carbocycles. The molecule has 5 nitrogen and oxygen atoms in total. The highest BCUT2D eigenvalue weighted by molar-refractivity contribution is 5.72. The van der Waals surface area contributed by atoms with Crippen LogP contribution in [0, 0.1) is 0 Å². The van der Waals surface area contributed by atoms with Crippen LogP contribution in [-0.4, -0.2) is 37.2 Å². The third-order valence-corrected chi connectivity index (χ3v) is 3.91. The molecule has 1 fully saturated rings. The number of nitrogens with zero attached hydrogens (tertiary/aromatic N) is 1. The van der Waals surface area contributed by atoms with Gasteiger partial charge in [0, 0.05) is 13.5 Å². The van der Waals surface area contributed by atoms with Crippen LogP contribution in [0.25, 0.3) is 0 Å². The average molecular weight is 276 g/mol. The molecule has 108 valence electrons. The van der Waals surface area contributed by atoms with E-state index in [1.165, 1.54) is 18.4 Å². The summed E-state index contributed by atoms with van der Waals surface area (Å²) in [6, 6.07) is 6.26. The zero-order chi connectivity index (χ0) is 13.9. The maximum atomic E-state index is 11.2. The Labute approximate surface area is 118 Å². The van der Waals surface area contributed by atoms with E-state index in [-0.39, 0.29) is 11.9 Å². The van der Waals surface area contributed by atoms with E-state index < -0.39 is 0 Å². The van der Waals surface area contributed by atoms with Crippen molar-refractivity contribution in [2.24, 2.45) is 0 Å². The Balaban J connectivity index is 1.81. The lowest BCUT2D eigenvalue weighted by Crippen LogP contribution is -2.35. The molecular formula is C15H20N2O3. The zero-order valence-corrected chi connectivity index (χ0v) is 11.7. The summed E-state index contributed by atoms with van der Waals surface area (Å²) < 4.78 is 10.8. The summed E-state index contributed by atoms with van der Waals surface area (Å²) in [6.07, 6.45) is 2.45. The van der Waals surface area contributed by atoms with Gasteiger partial charge in [-0.15, -0.1) is 0 Å². The van der Waals surface area contributed by atoms with Crippen molar-refractivity contribution in [1.82, 2.24) is 10.2 Å². The van der Waals surface area contributed by atoms with Crippen molar-refractivity contribution < 1.29 is 14.3 Å². The fourth-order valence-electron chi connectivity index (χ4n) is 2.87. The molecule has 2 aliphatic rings. The molecule has 2 heterocycles. The van der Waals surface area contributed by atoms with Crippen LogP contribution in [0.3, 0.4) is 0 Å². The third kappa shape index (κ3) is 2.72. The highest BCUT2D eigenvalue weighted by Crippen LogP contribution is 2.36. The first kappa shape index (κ1) is 13.2. The van der Waals surface area contributed by atoms with Crippen LogP contribution in [0.2, 0.25) is 0 Å². The maximum Gasteiger partial charge on any atom is 0.231 e. The van der Waals surface area contributed by atoms with Gasteiger partial charge in [0.15, 0.2) is 11.5 Å². The second-order valence-corrected chi connectivity index (χ2v) is 5.31. The largest absolute Gasteiger partial charge is 0.454 e. The molecule has 1 N–H and O–H groups in total. The second kappa shape index (κ2) is 5.71. The molecule has 1 aromatic carbocycles. The van der Waals surface area contributed by atoms with Gasteiger partial charge in [-0.3, -0.25) is 9.69 Å². The van der Waals surface area contributed by atoms with E-state index in [4.69, 9.17) is 9.47 Å². The minimum absolute atomic E-state index is 0.00920. The Bertz CT molecular complexity index is 498. The van der Waals surface area contributed by atoms with E-state index in [0.29, 0.717) is 13.3 Å². The molecule has 0 radical (unpaired) electrons. The molecule has 1 aromatic rings. The number of fused-ring (bicyclic) bond motifs is 1. The Morgan fingerprint density at radius 2 is 2.05 bits per heavy atom. The minimum atomic E-state index is 0.00920. The Kier molecular flexibility index (Phi) is 3.78. The number of amides is 1. The summed E-state index contributed by atoms with van der Waals surface area (Å²) in [5.74, 6) is 1.61. The van der Waals surface area contributed by atoms with Gasteiger partial charge >= 0.3 is 0 Å². The minimum Gasteiger partial charge on any atom is -0.454 e. The summed E-state index contributed by atoms with van der Waals surface area (Å²) in [4.78, 5) is 13.6. The Morgan fingerprint density at radius 1 is 1.30 bits per heavy atom. The normalized spacial score (nSPS) is 19.1. The summed E-state index contributed by atoms with van der Waals surface area (Å²) in [5, 5.41) is 2.94. The molecule has 0 aromatic heterocycles. The SMILES string of the molecule is CC(=O)NC[C@@H](c1ccc2c(c1)OCO2)N1CCCC1. The third-order valence-electron chi connectivity index (χ3n) is 3.91. The lowest BCUT2D eigenvalue weighted by Gasteiger charge is -2.28. The van der Waals surface area contributed by atoms with Crippen molar-refractivity contribution in [3.63, 3.8) is 0 Å². The standard InChI is InChI=1S/C15H20N2O3/c1-11(18)16-9-13(17-6-2-3-7-17)12-4-5-14-15(8-12)20-10-19-14/h4-5,8,13H,2-3,6-7,9-10H2,1H3,(H,16,18)/t13-/m0/s1. The summed E-state index contributed by atoms with van der Waals surface area (Å²) in [6.45, 7) is 4.64. The topological polar surface area (TPSA) is 50.8 Å². The molecule has 0 aliphatic carbocycles. The number of likely N-dealkylation sites (tertiary alicyclic amines) is 1. The van der Waals surface area contributed by atoms with Gasteiger partial charge in [-0.1, -0.05) is 6.07 Å². The van der Waals surface area contributed by atoms with Crippen molar-refractivity contribution in [3.05, 3.63) is 23.8 Å². The molecule has 0 unspecified atom stereocenters. The molecule has 1 saturated heterocycles. The quantitative estimate of drug-likeness (QED) is 0.909. The van der Waals surface area contributed by atoms with Gasteiger partial charge in [0.1, 0.15) is 0 Å². The van der Waals surface area contributed by atoms with E-state index in [1.54, 1.807) is 6.92 Å². The number of hydrogen-bond acceptors (Lipinski definition) is 4. The number of benzene rings is 1. The van der Waals surface area contributed by atoms with Crippen molar-refractivity contribution >= 4 is 5.91 Å². The van der Waals surface area contributed by atoms with Gasteiger partial charge in [0.05, 0.1) is 6.04 Å². The van der Waals surface area contributed by atoms with Crippen LogP contribution in [0.1, 0.15) is 31.4 Å². The Hall–Kier alpha value is -1.75. The van der Waals surface area contributed by atoms with E-state index in [2.05, 4.69) is 16.3 Å². The molecule has 3 rings (SSSR count). The van der Waals surface area contributed by atoms with Gasteiger partial charge in [-0.05, 0) is 43.6 Å². The van der Waals surface area contributed by atoms with E-state index >= 15 is 0 Å². The summed E-state index contributed by atoms with van der Waals surface area (Å²) in [7, 11) is 0. The fourth-order valence-corrected chi connectivity index (χ4v) is 2.87. The van der Waals surface area contributed by atoms with Crippen molar-refractivity contribution in [3.8, 4) is 11.5 Å². The average Bonchev–Trinajstić information content (AvgIpc) is 3.08. The van der Waals surface area contributed by atoms with Crippen LogP contribution in [-0.2, 0) is 4.79 Å². The van der Waals surface area contributed by atoms with Crippen LogP contribution >= 0.6 is 0 Å². The number of carbonyl (C=O) groups is 1. The zero-order valence-electron chi connectivity index (χ0n) is 11.7. The molecule has 1 amide bonds. The van der Waals surface area contributed by atoms with Gasteiger partial charge in [0.25, 0.3) is 0 Å². The number of carbonyl (C=O) groups excluding carboxylic acids is 1. The molecule has 0 bridgehead atoms. The van der Waals surface area contributed by atoms with E-state index in [1.807, 2.05) is 12.1 Å². The van der Waals surface area contributed by atoms with Gasteiger partial charge < -0.3 is 14.8 Å². The van der Waals surface area contributed by atoms with Gasteiger partial charge in [-0.25, -0.2) is 0 Å². The van der Waals surface area contributed by atoms with Crippen LogP contribution < -0.4 is 14.8 Å². The van der Waals surface area contributed by atoms with Crippen molar-refractivity contribution in [2.45, 2.75) is 25.8 Å². The summed E-state index contributed by atoms with van der Waals surface area (Å²) >= 11 is 0. The maximum absolute atomic E-state index is 11.2. The summed E-state index contributed by atoms with van der Waals surface area (Å²) in [5.41, 5.74) is 1.17. The highest BCUT2D eigenvalue weighted by atomic mass is 16.7. The predicted molar refractivity (Wildman–Crippen MR) is 74.8 cm³/mol. The highest BCUT2D eigenvalue weighted by Gasteiger charge is 2.25. The van der Waals surface area contributed by atoms with Crippen LogP contribution in [0.5, 0.6) is 11.5 Å². The number of ether oxygens (including phenoxy) is 2. The lowest BCUT2D eigenvalue weighted by molar-refractivity contribution is -0.119. The van der Waals surface area contributed by atoms with E-state index in [9.17, 15) is 4.79 Å². The number of nitrogens with one attached hydrogen (secondary N) is 1. The van der Waals surface area contributed by atoms with E-state index in [0.717, 1.165) is 24.6 Å². The monoisotopic (exact) mass is 276 g/mol. The first-order valence-electron chi connectivity index (χ1n) is 7.12. The van der Waals surface area contributed by atoms with Crippen LogP contribution in [0.15, 0.2) is 18.2 Å². The number of rotatable bonds is 4. The van der Waals surface area contributed by atoms with Crippen LogP contribution in [0.4, 0.5) is 0 Å². The molecule has 20 heavy (non-hydrogen) atoms. The van der Waals surface area contributed by atoms with Crippen molar-refractivity contribution in [2.75, 3.05) is 26.4 Å². The first-order chi connectivity index (χ1) is 9.74. The lowest BCUT2D eigenvalue weighted by atomic mass is 10.0. The Morgan fingerprint density at radius 3 is 2.80 bits per heavy atom. The molecular weight excluding hydrogens is 256 g/mol.